The summed E-state index contributed by atoms with van der Waals surface area (Å²) in [6.45, 7) is 13.2. The van der Waals surface area contributed by atoms with E-state index in [0.717, 1.165) is 35.6 Å². The highest BCUT2D eigenvalue weighted by Crippen LogP contribution is 2.34. The third kappa shape index (κ3) is 5.36. The molecule has 0 bridgehead atoms. The summed E-state index contributed by atoms with van der Waals surface area (Å²) < 4.78 is 12.7. The van der Waals surface area contributed by atoms with E-state index in [4.69, 9.17) is 9.47 Å². The molecule has 1 N–H and O–H groups in total. The Labute approximate surface area is 155 Å². The molecule has 1 aliphatic rings. The Morgan fingerprint density at radius 2 is 2.08 bits per heavy atom. The Morgan fingerprint density at radius 3 is 2.75 bits per heavy atom. The summed E-state index contributed by atoms with van der Waals surface area (Å²) >= 11 is 3.68. The van der Waals surface area contributed by atoms with Gasteiger partial charge in [-0.15, -0.1) is 0 Å². The zero-order valence-electron chi connectivity index (χ0n) is 15.4. The summed E-state index contributed by atoms with van der Waals surface area (Å²) in [5, 5.41) is 3.61. The van der Waals surface area contributed by atoms with E-state index in [1.54, 1.807) is 0 Å². The molecule has 1 heterocycles. The van der Waals surface area contributed by atoms with Crippen LogP contribution in [-0.2, 0) is 6.54 Å². The van der Waals surface area contributed by atoms with Gasteiger partial charge in [-0.25, -0.2) is 0 Å². The Bertz CT molecular complexity index is 522. The van der Waals surface area contributed by atoms with Crippen LogP contribution in [0, 0.1) is 0 Å². The van der Waals surface area contributed by atoms with Crippen LogP contribution in [0.15, 0.2) is 16.6 Å². The van der Waals surface area contributed by atoms with Gasteiger partial charge < -0.3 is 14.8 Å². The molecular formula is C19H31BrN2O2. The highest BCUT2D eigenvalue weighted by Gasteiger charge is 2.22. The number of hydrogen-bond acceptors (Lipinski definition) is 4. The molecule has 0 aromatic heterocycles. The average molecular weight is 399 g/mol. The summed E-state index contributed by atoms with van der Waals surface area (Å²) in [6.07, 6.45) is 2.75. The van der Waals surface area contributed by atoms with E-state index in [1.807, 2.05) is 26.8 Å². The molecule has 1 unspecified atom stereocenters. The van der Waals surface area contributed by atoms with Crippen molar-refractivity contribution in [3.8, 4) is 11.5 Å². The van der Waals surface area contributed by atoms with Crippen molar-refractivity contribution in [2.24, 2.45) is 0 Å². The van der Waals surface area contributed by atoms with Crippen molar-refractivity contribution in [3.63, 3.8) is 0 Å². The fourth-order valence-electron chi connectivity index (χ4n) is 3.24. The van der Waals surface area contributed by atoms with Crippen LogP contribution in [0.25, 0.3) is 0 Å². The first-order chi connectivity index (χ1) is 11.5. The van der Waals surface area contributed by atoms with Crippen LogP contribution in [-0.4, -0.2) is 43.3 Å². The molecule has 1 aromatic carbocycles. The van der Waals surface area contributed by atoms with E-state index in [2.05, 4.69) is 39.1 Å². The Morgan fingerprint density at radius 1 is 1.29 bits per heavy atom. The van der Waals surface area contributed by atoms with Crippen molar-refractivity contribution >= 4 is 15.9 Å². The molecule has 136 valence electrons. The third-order valence-corrected chi connectivity index (χ3v) is 5.11. The molecule has 4 nitrogen and oxygen atoms in total. The van der Waals surface area contributed by atoms with Crippen LogP contribution in [0.2, 0.25) is 0 Å². The maximum Gasteiger partial charge on any atom is 0.162 e. The molecule has 0 radical (unpaired) electrons. The van der Waals surface area contributed by atoms with Gasteiger partial charge in [0, 0.05) is 23.6 Å². The highest BCUT2D eigenvalue weighted by atomic mass is 79.9. The topological polar surface area (TPSA) is 33.7 Å². The molecule has 24 heavy (non-hydrogen) atoms. The van der Waals surface area contributed by atoms with E-state index in [0.29, 0.717) is 12.6 Å². The molecule has 0 saturated carbocycles. The number of likely N-dealkylation sites (tertiary alicyclic amines) is 1. The lowest BCUT2D eigenvalue weighted by Gasteiger charge is -2.23. The van der Waals surface area contributed by atoms with Crippen molar-refractivity contribution < 1.29 is 9.47 Å². The lowest BCUT2D eigenvalue weighted by Crippen LogP contribution is -2.37. The largest absolute Gasteiger partial charge is 0.490 e. The monoisotopic (exact) mass is 398 g/mol. The van der Waals surface area contributed by atoms with E-state index in [-0.39, 0.29) is 6.10 Å². The van der Waals surface area contributed by atoms with E-state index in [1.165, 1.54) is 24.9 Å². The summed E-state index contributed by atoms with van der Waals surface area (Å²) in [4.78, 5) is 2.56. The number of benzene rings is 1. The second kappa shape index (κ2) is 9.64. The Balaban J connectivity index is 2.00. The molecule has 2 rings (SSSR count). The number of hydrogen-bond donors (Lipinski definition) is 1. The molecule has 1 saturated heterocycles. The maximum atomic E-state index is 5.87. The van der Waals surface area contributed by atoms with Crippen LogP contribution in [0.3, 0.4) is 0 Å². The number of rotatable bonds is 9. The van der Waals surface area contributed by atoms with Crippen LogP contribution >= 0.6 is 15.9 Å². The molecule has 5 heteroatoms. The second-order valence-corrected chi connectivity index (χ2v) is 7.40. The van der Waals surface area contributed by atoms with Gasteiger partial charge in [-0.2, -0.15) is 0 Å². The standard InChI is InChI=1S/C19H31BrN2O2/c1-5-22-9-7-8-16(22)13-21-12-15-10-18(23-6-2)19(11-17(15)20)24-14(3)4/h10-11,14,16,21H,5-9,12-13H2,1-4H3. The third-order valence-electron chi connectivity index (χ3n) is 4.38. The predicted octanol–water partition coefficient (Wildman–Crippen LogP) is 4.21. The number of ether oxygens (including phenoxy) is 2. The van der Waals surface area contributed by atoms with E-state index < -0.39 is 0 Å². The first kappa shape index (κ1) is 19.5. The summed E-state index contributed by atoms with van der Waals surface area (Å²) in [6, 6.07) is 4.78. The first-order valence-corrected chi connectivity index (χ1v) is 9.91. The Hall–Kier alpha value is -0.780. The molecular weight excluding hydrogens is 368 g/mol. The van der Waals surface area contributed by atoms with Crippen LogP contribution in [0.5, 0.6) is 11.5 Å². The number of halogens is 1. The minimum Gasteiger partial charge on any atom is -0.490 e. The predicted molar refractivity (Wildman–Crippen MR) is 103 cm³/mol. The second-order valence-electron chi connectivity index (χ2n) is 6.55. The number of nitrogens with zero attached hydrogens (tertiary/aromatic N) is 1. The molecule has 0 aliphatic carbocycles. The van der Waals surface area contributed by atoms with Crippen molar-refractivity contribution in [1.82, 2.24) is 10.2 Å². The maximum absolute atomic E-state index is 5.87. The molecule has 1 aliphatic heterocycles. The highest BCUT2D eigenvalue weighted by molar-refractivity contribution is 9.10. The van der Waals surface area contributed by atoms with Crippen LogP contribution in [0.1, 0.15) is 46.1 Å². The summed E-state index contributed by atoms with van der Waals surface area (Å²) in [5.41, 5.74) is 1.20. The van der Waals surface area contributed by atoms with E-state index >= 15 is 0 Å². The normalized spacial score (nSPS) is 18.3. The summed E-state index contributed by atoms with van der Waals surface area (Å²) in [5.74, 6) is 1.62. The Kier molecular flexibility index (Phi) is 7.85. The van der Waals surface area contributed by atoms with Crippen molar-refractivity contribution in [3.05, 3.63) is 22.2 Å². The average Bonchev–Trinajstić information content (AvgIpc) is 2.98. The zero-order valence-corrected chi connectivity index (χ0v) is 17.0. The van der Waals surface area contributed by atoms with Gasteiger partial charge in [-0.3, -0.25) is 4.90 Å². The van der Waals surface area contributed by atoms with Gasteiger partial charge in [0.05, 0.1) is 12.7 Å². The fourth-order valence-corrected chi connectivity index (χ4v) is 3.71. The van der Waals surface area contributed by atoms with Gasteiger partial charge in [-0.1, -0.05) is 22.9 Å². The smallest absolute Gasteiger partial charge is 0.162 e. The summed E-state index contributed by atoms with van der Waals surface area (Å²) in [7, 11) is 0. The molecule has 0 spiro atoms. The van der Waals surface area contributed by atoms with Crippen LogP contribution < -0.4 is 14.8 Å². The number of likely N-dealkylation sites (N-methyl/N-ethyl adjacent to an activating group) is 1. The van der Waals surface area contributed by atoms with Gasteiger partial charge in [0.25, 0.3) is 0 Å². The van der Waals surface area contributed by atoms with Gasteiger partial charge in [0.15, 0.2) is 11.5 Å². The molecule has 1 fully saturated rings. The molecule has 1 atom stereocenters. The van der Waals surface area contributed by atoms with Gasteiger partial charge in [0.2, 0.25) is 0 Å². The van der Waals surface area contributed by atoms with Gasteiger partial charge >= 0.3 is 0 Å². The minimum absolute atomic E-state index is 0.127. The lowest BCUT2D eigenvalue weighted by molar-refractivity contribution is 0.223. The van der Waals surface area contributed by atoms with E-state index in [9.17, 15) is 0 Å². The zero-order chi connectivity index (χ0) is 17.5. The minimum atomic E-state index is 0.127. The first-order valence-electron chi connectivity index (χ1n) is 9.11. The van der Waals surface area contributed by atoms with Gasteiger partial charge in [-0.05, 0) is 64.4 Å². The van der Waals surface area contributed by atoms with Crippen LogP contribution in [0.4, 0.5) is 0 Å². The van der Waals surface area contributed by atoms with Crippen molar-refractivity contribution in [2.75, 3.05) is 26.2 Å². The SMILES string of the molecule is CCOc1cc(CNCC2CCCN2CC)c(Br)cc1OC(C)C. The van der Waals surface area contributed by atoms with Gasteiger partial charge in [0.1, 0.15) is 0 Å². The molecule has 1 aromatic rings. The van der Waals surface area contributed by atoms with Crippen molar-refractivity contribution in [1.29, 1.82) is 0 Å². The quantitative estimate of drug-likeness (QED) is 0.675. The lowest BCUT2D eigenvalue weighted by atomic mass is 10.1. The van der Waals surface area contributed by atoms with Crippen molar-refractivity contribution in [2.45, 2.75) is 59.2 Å². The molecule has 0 amide bonds. The fraction of sp³-hybridized carbons (Fsp3) is 0.684. The number of nitrogens with one attached hydrogen (secondary N) is 1.